The van der Waals surface area contributed by atoms with Crippen molar-refractivity contribution in [2.45, 2.75) is 83.0 Å². The van der Waals surface area contributed by atoms with Crippen molar-refractivity contribution in [1.82, 2.24) is 14.6 Å². The van der Waals surface area contributed by atoms with Gasteiger partial charge in [-0.05, 0) is 37.1 Å². The van der Waals surface area contributed by atoms with Gasteiger partial charge in [0.2, 0.25) is 5.82 Å². The van der Waals surface area contributed by atoms with Crippen LogP contribution in [-0.4, -0.2) is 51.1 Å². The van der Waals surface area contributed by atoms with Crippen molar-refractivity contribution in [2.24, 2.45) is 5.92 Å². The smallest absolute Gasteiger partial charge is 0.460 e. The van der Waals surface area contributed by atoms with Crippen LogP contribution in [0.3, 0.4) is 0 Å². The number of benzene rings is 2. The summed E-state index contributed by atoms with van der Waals surface area (Å²) in [5.74, 6) is -1.39. The first-order chi connectivity index (χ1) is 21.0. The maximum atomic E-state index is 14.6. The van der Waals surface area contributed by atoms with Crippen molar-refractivity contribution in [3.63, 3.8) is 0 Å². The highest BCUT2D eigenvalue weighted by Gasteiger charge is 2.61. The van der Waals surface area contributed by atoms with Gasteiger partial charge in [0.15, 0.2) is 0 Å². The van der Waals surface area contributed by atoms with Crippen LogP contribution in [0.25, 0.3) is 10.8 Å². The number of aliphatic hydroxyl groups excluding tert-OH is 1. The van der Waals surface area contributed by atoms with Gasteiger partial charge in [-0.25, -0.2) is 9.36 Å². The van der Waals surface area contributed by atoms with Gasteiger partial charge in [-0.15, -0.1) is 0 Å². The lowest BCUT2D eigenvalue weighted by molar-refractivity contribution is -0.146. The number of H-pyrrole nitrogens is 1. The van der Waals surface area contributed by atoms with Crippen LogP contribution >= 0.6 is 7.75 Å². The second-order valence-corrected chi connectivity index (χ2v) is 13.0. The Balaban J connectivity index is 1.41. The fraction of sp³-hybridized carbons (Fsp3) is 0.500. The van der Waals surface area contributed by atoms with E-state index in [-0.39, 0.29) is 24.7 Å². The van der Waals surface area contributed by atoms with Crippen molar-refractivity contribution in [3.8, 4) is 5.75 Å². The SMILES string of the molecule is CCC(CC)COC(=O)[C@H](C)N[P@](=O)(Oc1cccc2ccccc12)OC1([C@H]2O[C@@H](n3cc(F)c(=O)[nH]c3=O)CC2O)CC1. The van der Waals surface area contributed by atoms with E-state index >= 15 is 0 Å². The Morgan fingerprint density at radius 1 is 1.20 bits per heavy atom. The molecule has 3 aromatic rings. The Labute approximate surface area is 253 Å². The van der Waals surface area contributed by atoms with E-state index in [1.54, 1.807) is 24.3 Å². The van der Waals surface area contributed by atoms with Gasteiger partial charge < -0.3 is 19.1 Å². The van der Waals surface area contributed by atoms with Crippen molar-refractivity contribution >= 4 is 24.5 Å². The summed E-state index contributed by atoms with van der Waals surface area (Å²) in [6.07, 6.45) is -0.516. The minimum Gasteiger partial charge on any atom is -0.464 e. The van der Waals surface area contributed by atoms with Gasteiger partial charge in [0.05, 0.1) is 18.9 Å². The van der Waals surface area contributed by atoms with E-state index in [0.29, 0.717) is 24.4 Å². The number of aromatic amines is 1. The molecule has 2 fully saturated rings. The van der Waals surface area contributed by atoms with Crippen molar-refractivity contribution in [2.75, 3.05) is 6.61 Å². The molecule has 1 unspecified atom stereocenters. The van der Waals surface area contributed by atoms with Gasteiger partial charge in [0, 0.05) is 11.8 Å². The molecule has 1 saturated carbocycles. The van der Waals surface area contributed by atoms with E-state index < -0.39 is 60.9 Å². The number of ether oxygens (including phenoxy) is 2. The molecule has 1 saturated heterocycles. The summed E-state index contributed by atoms with van der Waals surface area (Å²) in [6.45, 7) is 5.72. The van der Waals surface area contributed by atoms with Crippen LogP contribution < -0.4 is 20.9 Å². The third-order valence-electron chi connectivity index (χ3n) is 8.18. The number of rotatable bonds is 13. The molecule has 1 aromatic heterocycles. The van der Waals surface area contributed by atoms with Gasteiger partial charge in [-0.3, -0.25) is 23.7 Å². The summed E-state index contributed by atoms with van der Waals surface area (Å²) < 4.78 is 53.1. The maximum absolute atomic E-state index is 14.6. The first kappa shape index (κ1) is 32.1. The maximum Gasteiger partial charge on any atom is 0.460 e. The molecule has 1 aliphatic carbocycles. The summed E-state index contributed by atoms with van der Waals surface area (Å²) in [6, 6.07) is 11.5. The predicted octanol–water partition coefficient (Wildman–Crippen LogP) is 4.17. The fourth-order valence-corrected chi connectivity index (χ4v) is 7.29. The average Bonchev–Trinajstić information content (AvgIpc) is 3.65. The highest BCUT2D eigenvalue weighted by Crippen LogP contribution is 2.60. The lowest BCUT2D eigenvalue weighted by Crippen LogP contribution is -2.42. The van der Waals surface area contributed by atoms with E-state index in [4.69, 9.17) is 18.5 Å². The molecule has 1 aliphatic heterocycles. The molecule has 0 spiro atoms. The fourth-order valence-electron chi connectivity index (χ4n) is 5.38. The van der Waals surface area contributed by atoms with E-state index in [1.807, 2.05) is 37.0 Å². The average molecular weight is 634 g/mol. The molecule has 0 bridgehead atoms. The van der Waals surface area contributed by atoms with Crippen molar-refractivity contribution < 1.29 is 37.4 Å². The second-order valence-electron chi connectivity index (χ2n) is 11.3. The van der Waals surface area contributed by atoms with E-state index in [0.717, 1.165) is 22.8 Å². The number of halogens is 1. The van der Waals surface area contributed by atoms with E-state index in [2.05, 4.69) is 5.09 Å². The Hall–Kier alpha value is -3.35. The van der Waals surface area contributed by atoms with Crippen LogP contribution in [0.4, 0.5) is 4.39 Å². The first-order valence-electron chi connectivity index (χ1n) is 14.7. The minimum absolute atomic E-state index is 0.123. The molecule has 2 heterocycles. The molecule has 0 amide bonds. The highest BCUT2D eigenvalue weighted by molar-refractivity contribution is 7.52. The number of esters is 1. The molecule has 5 atom stereocenters. The largest absolute Gasteiger partial charge is 0.464 e. The number of carbonyl (C=O) groups is 1. The number of carbonyl (C=O) groups excluding carboxylic acids is 1. The summed E-state index contributed by atoms with van der Waals surface area (Å²) in [5.41, 5.74) is -3.40. The number of hydrogen-bond donors (Lipinski definition) is 3. The monoisotopic (exact) mass is 633 g/mol. The van der Waals surface area contributed by atoms with Crippen LogP contribution in [0.5, 0.6) is 5.75 Å². The molecule has 238 valence electrons. The number of fused-ring (bicyclic) bond motifs is 1. The van der Waals surface area contributed by atoms with E-state index in [9.17, 15) is 28.4 Å². The van der Waals surface area contributed by atoms with Gasteiger partial charge >= 0.3 is 19.4 Å². The second kappa shape index (κ2) is 12.9. The highest BCUT2D eigenvalue weighted by atomic mass is 31.2. The number of aromatic nitrogens is 2. The molecule has 44 heavy (non-hydrogen) atoms. The molecule has 5 rings (SSSR count). The van der Waals surface area contributed by atoms with Crippen molar-refractivity contribution in [1.29, 1.82) is 0 Å². The Bertz CT molecular complexity index is 1660. The molecule has 12 nitrogen and oxygen atoms in total. The molecular formula is C30H37FN3O9P. The Morgan fingerprint density at radius 3 is 2.61 bits per heavy atom. The topological polar surface area (TPSA) is 158 Å². The minimum atomic E-state index is -4.39. The third kappa shape index (κ3) is 6.82. The molecule has 3 N–H and O–H groups in total. The summed E-state index contributed by atoms with van der Waals surface area (Å²) in [7, 11) is -4.39. The number of nitrogens with one attached hydrogen (secondary N) is 2. The third-order valence-corrected chi connectivity index (χ3v) is 9.93. The Kier molecular flexibility index (Phi) is 9.43. The van der Waals surface area contributed by atoms with Crippen molar-refractivity contribution in [3.05, 3.63) is 75.3 Å². The lowest BCUT2D eigenvalue weighted by Gasteiger charge is -2.31. The van der Waals surface area contributed by atoms with Crippen LogP contribution in [0.15, 0.2) is 58.3 Å². The van der Waals surface area contributed by atoms with Gasteiger partial charge in [-0.1, -0.05) is 63.1 Å². The summed E-state index contributed by atoms with van der Waals surface area (Å²) in [5, 5.41) is 15.2. The van der Waals surface area contributed by atoms with Crippen LogP contribution in [0, 0.1) is 11.7 Å². The standard InChI is InChI=1S/C30H37FN3O9P/c1-4-19(5-2)17-40-28(37)18(3)33-44(39,42-24-12-8-10-20-9-6-7-11-21(20)24)43-30(13-14-30)26-23(35)15-25(41-26)34-16-22(31)27(36)32-29(34)38/h6-12,16,18-19,23,25-26,35H,4-5,13-15,17H2,1-3H3,(H,33,39)(H,32,36,38)/t18-,23?,25+,26-,44-/m0/s1. The zero-order valence-corrected chi connectivity index (χ0v) is 25.6. The van der Waals surface area contributed by atoms with Gasteiger partial charge in [0.1, 0.15) is 29.7 Å². The van der Waals surface area contributed by atoms with Crippen LogP contribution in [0.1, 0.15) is 59.1 Å². The quantitative estimate of drug-likeness (QED) is 0.184. The Morgan fingerprint density at radius 2 is 1.91 bits per heavy atom. The molecule has 2 aliphatic rings. The van der Waals surface area contributed by atoms with Gasteiger partial charge in [0.25, 0.3) is 5.56 Å². The van der Waals surface area contributed by atoms with E-state index in [1.165, 1.54) is 6.92 Å². The summed E-state index contributed by atoms with van der Waals surface area (Å²) >= 11 is 0. The van der Waals surface area contributed by atoms with Crippen LogP contribution in [-0.2, 0) is 23.4 Å². The lowest BCUT2D eigenvalue weighted by atomic mass is 10.1. The number of aliphatic hydroxyl groups is 1. The normalized spacial score (nSPS) is 22.9. The molecule has 0 radical (unpaired) electrons. The number of hydrogen-bond acceptors (Lipinski definition) is 9. The van der Waals surface area contributed by atoms with Crippen LogP contribution in [0.2, 0.25) is 0 Å². The van der Waals surface area contributed by atoms with Gasteiger partial charge in [-0.2, -0.15) is 9.48 Å². The zero-order chi connectivity index (χ0) is 31.6. The number of nitrogens with zero attached hydrogens (tertiary/aromatic N) is 1. The molecular weight excluding hydrogens is 596 g/mol. The molecule has 2 aromatic carbocycles. The zero-order valence-electron chi connectivity index (χ0n) is 24.7. The summed E-state index contributed by atoms with van der Waals surface area (Å²) in [4.78, 5) is 38.6. The first-order valence-corrected chi connectivity index (χ1v) is 16.3. The molecule has 14 heteroatoms. The predicted molar refractivity (Wildman–Crippen MR) is 159 cm³/mol.